The lowest BCUT2D eigenvalue weighted by Gasteiger charge is -2.38. The predicted molar refractivity (Wildman–Crippen MR) is 75.6 cm³/mol. The summed E-state index contributed by atoms with van der Waals surface area (Å²) >= 11 is 6.05. The van der Waals surface area contributed by atoms with Crippen LogP contribution in [0.4, 0.5) is 0 Å². The minimum atomic E-state index is -0.0666. The van der Waals surface area contributed by atoms with E-state index in [-0.39, 0.29) is 11.6 Å². The Hall–Kier alpha value is -0.770. The molecule has 2 atom stereocenters. The van der Waals surface area contributed by atoms with Crippen molar-refractivity contribution in [2.24, 2.45) is 5.73 Å². The Bertz CT molecular complexity index is 517. The Morgan fingerprint density at radius 3 is 3.00 bits per heavy atom. The fourth-order valence-corrected chi connectivity index (χ4v) is 3.75. The maximum absolute atomic E-state index is 6.35. The van der Waals surface area contributed by atoms with Gasteiger partial charge in [-0.3, -0.25) is 4.90 Å². The van der Waals surface area contributed by atoms with Crippen LogP contribution in [-0.2, 0) is 0 Å². The lowest BCUT2D eigenvalue weighted by atomic mass is 9.87. The molecule has 1 unspecified atom stereocenters. The Morgan fingerprint density at radius 2 is 2.21 bits per heavy atom. The van der Waals surface area contributed by atoms with Gasteiger partial charge in [0.2, 0.25) is 0 Å². The molecule has 0 aromatic heterocycles. The van der Waals surface area contributed by atoms with E-state index in [1.165, 1.54) is 12.8 Å². The normalized spacial score (nSPS) is 34.3. The van der Waals surface area contributed by atoms with E-state index in [0.29, 0.717) is 0 Å². The van der Waals surface area contributed by atoms with Crippen LogP contribution in [0, 0.1) is 0 Å². The molecule has 4 rings (SSSR count). The number of nitrogens with zero attached hydrogens (tertiary/aromatic N) is 1. The molecule has 0 bridgehead atoms. The number of hydrogen-bond donors (Lipinski definition) is 1. The van der Waals surface area contributed by atoms with Crippen LogP contribution in [0.5, 0.6) is 5.75 Å². The first-order chi connectivity index (χ1) is 9.15. The molecular weight excluding hydrogens is 260 g/mol. The number of rotatable bonds is 1. The monoisotopic (exact) mass is 278 g/mol. The van der Waals surface area contributed by atoms with Gasteiger partial charge in [-0.1, -0.05) is 11.6 Å². The van der Waals surface area contributed by atoms with Crippen molar-refractivity contribution >= 4 is 11.6 Å². The molecule has 19 heavy (non-hydrogen) atoms. The van der Waals surface area contributed by atoms with E-state index in [1.807, 2.05) is 18.2 Å². The van der Waals surface area contributed by atoms with E-state index in [1.54, 1.807) is 0 Å². The molecule has 2 heterocycles. The molecule has 2 N–H and O–H groups in total. The summed E-state index contributed by atoms with van der Waals surface area (Å²) in [6.45, 7) is 2.19. The van der Waals surface area contributed by atoms with Crippen LogP contribution in [0.1, 0.15) is 37.3 Å². The Balaban J connectivity index is 1.62. The third kappa shape index (κ3) is 2.04. The first kappa shape index (κ1) is 12.0. The molecular formula is C15H19ClN2O. The number of ether oxygens (including phenoxy) is 1. The molecule has 2 aliphatic heterocycles. The second-order valence-electron chi connectivity index (χ2n) is 6.23. The highest BCUT2D eigenvalue weighted by Gasteiger charge is 2.48. The Morgan fingerprint density at radius 1 is 1.37 bits per heavy atom. The van der Waals surface area contributed by atoms with Crippen LogP contribution < -0.4 is 10.5 Å². The molecule has 1 aromatic rings. The summed E-state index contributed by atoms with van der Waals surface area (Å²) in [5, 5.41) is 0.736. The van der Waals surface area contributed by atoms with Crippen LogP contribution in [-0.4, -0.2) is 29.6 Å². The van der Waals surface area contributed by atoms with Gasteiger partial charge in [-0.05, 0) is 31.0 Å². The number of fused-ring (bicyclic) bond motifs is 1. The third-order valence-corrected chi connectivity index (χ3v) is 4.93. The highest BCUT2D eigenvalue weighted by molar-refractivity contribution is 6.30. The Labute approximate surface area is 118 Å². The standard InChI is InChI=1S/C15H19ClN2O/c16-10-1-4-14-12(7-10)13(17)8-15(19-14)5-6-18(9-15)11-2-3-11/h1,4,7,11,13H,2-3,5-6,8-9,17H2/t13-,15?/m1/s1. The number of nitrogens with two attached hydrogens (primary N) is 1. The minimum absolute atomic E-state index is 0.0432. The molecule has 3 aliphatic rings. The molecule has 1 saturated carbocycles. The van der Waals surface area contributed by atoms with Crippen molar-refractivity contribution in [3.63, 3.8) is 0 Å². The minimum Gasteiger partial charge on any atom is -0.485 e. The SMILES string of the molecule is N[C@@H]1CC2(CCN(C3CC3)C2)Oc2ccc(Cl)cc21. The highest BCUT2D eigenvalue weighted by atomic mass is 35.5. The molecule has 2 fully saturated rings. The largest absolute Gasteiger partial charge is 0.485 e. The van der Waals surface area contributed by atoms with Gasteiger partial charge in [-0.25, -0.2) is 0 Å². The van der Waals surface area contributed by atoms with Gasteiger partial charge in [0.1, 0.15) is 11.4 Å². The van der Waals surface area contributed by atoms with Crippen molar-refractivity contribution in [3.05, 3.63) is 28.8 Å². The second kappa shape index (κ2) is 4.11. The zero-order valence-corrected chi connectivity index (χ0v) is 11.7. The summed E-state index contributed by atoms with van der Waals surface area (Å²) in [4.78, 5) is 2.58. The molecule has 1 saturated heterocycles. The van der Waals surface area contributed by atoms with E-state index in [9.17, 15) is 0 Å². The van der Waals surface area contributed by atoms with E-state index in [2.05, 4.69) is 4.90 Å². The van der Waals surface area contributed by atoms with Crippen LogP contribution in [0.25, 0.3) is 0 Å². The first-order valence-electron chi connectivity index (χ1n) is 7.13. The topological polar surface area (TPSA) is 38.5 Å². The van der Waals surface area contributed by atoms with Crippen molar-refractivity contribution in [3.8, 4) is 5.75 Å². The number of hydrogen-bond acceptors (Lipinski definition) is 3. The average molecular weight is 279 g/mol. The van der Waals surface area contributed by atoms with Gasteiger partial charge in [0, 0.05) is 48.6 Å². The third-order valence-electron chi connectivity index (χ3n) is 4.70. The van der Waals surface area contributed by atoms with Gasteiger partial charge in [-0.15, -0.1) is 0 Å². The van der Waals surface area contributed by atoms with Crippen LogP contribution >= 0.6 is 11.6 Å². The van der Waals surface area contributed by atoms with E-state index >= 15 is 0 Å². The summed E-state index contributed by atoms with van der Waals surface area (Å²) in [5.74, 6) is 0.931. The molecule has 0 radical (unpaired) electrons. The highest BCUT2D eigenvalue weighted by Crippen LogP contribution is 2.45. The molecule has 102 valence electrons. The fraction of sp³-hybridized carbons (Fsp3) is 0.600. The predicted octanol–water partition coefficient (Wildman–Crippen LogP) is 2.73. The van der Waals surface area contributed by atoms with Gasteiger partial charge in [-0.2, -0.15) is 0 Å². The van der Waals surface area contributed by atoms with E-state index < -0.39 is 0 Å². The van der Waals surface area contributed by atoms with Gasteiger partial charge >= 0.3 is 0 Å². The summed E-state index contributed by atoms with van der Waals surface area (Å²) in [7, 11) is 0. The van der Waals surface area contributed by atoms with E-state index in [0.717, 1.165) is 48.3 Å². The van der Waals surface area contributed by atoms with Crippen molar-refractivity contribution in [1.82, 2.24) is 4.90 Å². The lowest BCUT2D eigenvalue weighted by molar-refractivity contribution is 0.0434. The van der Waals surface area contributed by atoms with Crippen molar-refractivity contribution < 1.29 is 4.74 Å². The van der Waals surface area contributed by atoms with Gasteiger partial charge in [0.15, 0.2) is 0 Å². The maximum Gasteiger partial charge on any atom is 0.125 e. The summed E-state index contributed by atoms with van der Waals surface area (Å²) in [5.41, 5.74) is 7.34. The van der Waals surface area contributed by atoms with Gasteiger partial charge in [0.25, 0.3) is 0 Å². The van der Waals surface area contributed by atoms with Crippen LogP contribution in [0.15, 0.2) is 18.2 Å². The first-order valence-corrected chi connectivity index (χ1v) is 7.51. The average Bonchev–Trinajstić information content (AvgIpc) is 3.15. The van der Waals surface area contributed by atoms with E-state index in [4.69, 9.17) is 22.1 Å². The summed E-state index contributed by atoms with van der Waals surface area (Å²) < 4.78 is 6.33. The number of benzene rings is 1. The van der Waals surface area contributed by atoms with Gasteiger partial charge in [0.05, 0.1) is 0 Å². The molecule has 1 aromatic carbocycles. The molecule has 3 nitrogen and oxygen atoms in total. The lowest BCUT2D eigenvalue weighted by Crippen LogP contribution is -2.45. The molecule has 4 heteroatoms. The summed E-state index contributed by atoms with van der Waals surface area (Å²) in [6.07, 6.45) is 4.71. The second-order valence-corrected chi connectivity index (χ2v) is 6.67. The van der Waals surface area contributed by atoms with Crippen LogP contribution in [0.3, 0.4) is 0 Å². The smallest absolute Gasteiger partial charge is 0.125 e. The van der Waals surface area contributed by atoms with Crippen molar-refractivity contribution in [1.29, 1.82) is 0 Å². The number of halogens is 1. The fourth-order valence-electron chi connectivity index (χ4n) is 3.56. The van der Waals surface area contributed by atoms with Gasteiger partial charge < -0.3 is 10.5 Å². The van der Waals surface area contributed by atoms with Crippen molar-refractivity contribution in [2.45, 2.75) is 43.4 Å². The zero-order chi connectivity index (χ0) is 13.0. The quantitative estimate of drug-likeness (QED) is 0.858. The number of likely N-dealkylation sites (tertiary alicyclic amines) is 1. The Kier molecular flexibility index (Phi) is 2.60. The van der Waals surface area contributed by atoms with Crippen LogP contribution in [0.2, 0.25) is 5.02 Å². The molecule has 1 aliphatic carbocycles. The molecule has 1 spiro atoms. The maximum atomic E-state index is 6.35. The summed E-state index contributed by atoms with van der Waals surface area (Å²) in [6, 6.07) is 6.66. The van der Waals surface area contributed by atoms with Crippen molar-refractivity contribution in [2.75, 3.05) is 13.1 Å². The zero-order valence-electron chi connectivity index (χ0n) is 10.9. The molecule has 0 amide bonds.